The Hall–Kier alpha value is -2.85. The van der Waals surface area contributed by atoms with Crippen LogP contribution in [-0.2, 0) is 9.63 Å². The van der Waals surface area contributed by atoms with Crippen molar-refractivity contribution in [2.24, 2.45) is 0 Å². The molecule has 7 heteroatoms. The molecule has 2 aromatic rings. The van der Waals surface area contributed by atoms with Crippen molar-refractivity contribution in [3.05, 3.63) is 35.5 Å². The van der Waals surface area contributed by atoms with Crippen molar-refractivity contribution in [2.75, 3.05) is 7.11 Å². The fourth-order valence-electron chi connectivity index (χ4n) is 2.68. The van der Waals surface area contributed by atoms with Gasteiger partial charge in [-0.25, -0.2) is 4.79 Å². The van der Waals surface area contributed by atoms with E-state index >= 15 is 0 Å². The quantitative estimate of drug-likeness (QED) is 0.928. The van der Waals surface area contributed by atoms with Crippen LogP contribution in [0.3, 0.4) is 0 Å². The van der Waals surface area contributed by atoms with E-state index in [4.69, 9.17) is 15.2 Å². The van der Waals surface area contributed by atoms with Crippen LogP contribution in [0.4, 0.5) is 4.79 Å². The summed E-state index contributed by atoms with van der Waals surface area (Å²) in [5.74, 6) is -1.02. The van der Waals surface area contributed by atoms with Gasteiger partial charge >= 0.3 is 12.0 Å². The Labute approximate surface area is 119 Å². The van der Waals surface area contributed by atoms with E-state index in [-0.39, 0.29) is 6.42 Å². The van der Waals surface area contributed by atoms with Crippen molar-refractivity contribution in [2.45, 2.75) is 12.5 Å². The third-order valence-corrected chi connectivity index (χ3v) is 3.53. The lowest BCUT2D eigenvalue weighted by Crippen LogP contribution is -2.29. The van der Waals surface area contributed by atoms with Crippen LogP contribution in [0.25, 0.3) is 10.9 Å². The summed E-state index contributed by atoms with van der Waals surface area (Å²) in [4.78, 5) is 28.4. The van der Waals surface area contributed by atoms with E-state index in [1.165, 1.54) is 11.7 Å². The van der Waals surface area contributed by atoms with E-state index in [1.807, 2.05) is 6.07 Å². The predicted molar refractivity (Wildman–Crippen MR) is 71.3 cm³/mol. The van der Waals surface area contributed by atoms with Crippen molar-refractivity contribution >= 4 is 22.9 Å². The Morgan fingerprint density at radius 2 is 2.24 bits per heavy atom. The van der Waals surface area contributed by atoms with Crippen molar-refractivity contribution in [3.8, 4) is 6.07 Å². The van der Waals surface area contributed by atoms with Gasteiger partial charge in [0.25, 0.3) is 0 Å². The lowest BCUT2D eigenvalue weighted by Gasteiger charge is -2.19. The van der Waals surface area contributed by atoms with Crippen LogP contribution in [0.2, 0.25) is 0 Å². The van der Waals surface area contributed by atoms with E-state index < -0.39 is 18.0 Å². The number of hydrogen-bond acceptors (Lipinski definition) is 4. The molecule has 0 spiro atoms. The summed E-state index contributed by atoms with van der Waals surface area (Å²) in [6.45, 7) is 0. The fraction of sp³-hybridized carbons (Fsp3) is 0.214. The number of fused-ring (bicyclic) bond motifs is 3. The summed E-state index contributed by atoms with van der Waals surface area (Å²) in [5, 5.41) is 19.7. The second-order valence-corrected chi connectivity index (χ2v) is 4.69. The molecule has 0 aliphatic carbocycles. The Balaban J connectivity index is 2.19. The topological polar surface area (TPSA) is 95.6 Å². The second kappa shape index (κ2) is 4.61. The van der Waals surface area contributed by atoms with Crippen molar-refractivity contribution in [1.29, 1.82) is 5.26 Å². The maximum atomic E-state index is 12.4. The van der Waals surface area contributed by atoms with Crippen LogP contribution in [-0.4, -0.2) is 33.8 Å². The van der Waals surface area contributed by atoms with E-state index in [2.05, 4.69) is 0 Å². The highest BCUT2D eigenvalue weighted by molar-refractivity contribution is 5.96. The first kappa shape index (κ1) is 13.1. The van der Waals surface area contributed by atoms with Gasteiger partial charge in [0.05, 0.1) is 36.4 Å². The lowest BCUT2D eigenvalue weighted by molar-refractivity contribution is -0.146. The molecule has 0 saturated heterocycles. The molecule has 21 heavy (non-hydrogen) atoms. The van der Waals surface area contributed by atoms with Crippen molar-refractivity contribution < 1.29 is 19.5 Å². The number of carboxylic acid groups (broad SMARTS) is 1. The minimum absolute atomic E-state index is 0.249. The molecule has 0 bridgehead atoms. The maximum absolute atomic E-state index is 12.4. The first-order valence-electron chi connectivity index (χ1n) is 6.21. The number of nitriles is 1. The van der Waals surface area contributed by atoms with Crippen LogP contribution >= 0.6 is 0 Å². The Morgan fingerprint density at radius 3 is 2.86 bits per heavy atom. The summed E-state index contributed by atoms with van der Waals surface area (Å²) in [7, 11) is 1.33. The maximum Gasteiger partial charge on any atom is 0.353 e. The van der Waals surface area contributed by atoms with Gasteiger partial charge in [0, 0.05) is 5.39 Å². The molecule has 1 aliphatic rings. The standard InChI is InChI=1S/C14H11N3O4/c1-21-17-12(6-13(18)19)11-5-9-4-8(7-15)2-3-10(9)16(11)14(17)20/h2-5,12H,6H2,1H3,(H,18,19). The van der Waals surface area contributed by atoms with E-state index in [1.54, 1.807) is 24.3 Å². The molecule has 0 fully saturated rings. The first-order chi connectivity index (χ1) is 10.1. The summed E-state index contributed by atoms with van der Waals surface area (Å²) >= 11 is 0. The Bertz CT molecular complexity index is 802. The number of carbonyl (C=O) groups excluding carboxylic acids is 1. The molecule has 1 unspecified atom stereocenters. The molecule has 1 aliphatic heterocycles. The third kappa shape index (κ3) is 1.85. The summed E-state index contributed by atoms with van der Waals surface area (Å²) in [6, 6.07) is 7.60. The van der Waals surface area contributed by atoms with Gasteiger partial charge in [0.1, 0.15) is 6.04 Å². The summed E-state index contributed by atoms with van der Waals surface area (Å²) in [6.07, 6.45) is -0.249. The average molecular weight is 285 g/mol. The highest BCUT2D eigenvalue weighted by atomic mass is 16.7. The number of aliphatic carboxylic acids is 1. The zero-order valence-corrected chi connectivity index (χ0v) is 11.1. The normalized spacial score (nSPS) is 17.0. The first-order valence-corrected chi connectivity index (χ1v) is 6.21. The number of nitrogens with zero attached hydrogens (tertiary/aromatic N) is 3. The number of benzene rings is 1. The van der Waals surface area contributed by atoms with Crippen molar-refractivity contribution in [3.63, 3.8) is 0 Å². The predicted octanol–water partition coefficient (Wildman–Crippen LogP) is 1.87. The molecule has 1 N–H and O–H groups in total. The number of aromatic nitrogens is 1. The van der Waals surface area contributed by atoms with E-state index in [9.17, 15) is 9.59 Å². The number of carbonyl (C=O) groups is 2. The molecular formula is C14H11N3O4. The van der Waals surface area contributed by atoms with Gasteiger partial charge in [0.15, 0.2) is 0 Å². The molecule has 0 radical (unpaired) electrons. The molecule has 106 valence electrons. The fourth-order valence-corrected chi connectivity index (χ4v) is 2.68. The number of rotatable bonds is 3. The lowest BCUT2D eigenvalue weighted by atomic mass is 10.1. The van der Waals surface area contributed by atoms with Crippen LogP contribution in [0.5, 0.6) is 0 Å². The number of hydroxylamine groups is 2. The highest BCUT2D eigenvalue weighted by Crippen LogP contribution is 2.37. The molecular weight excluding hydrogens is 274 g/mol. The monoisotopic (exact) mass is 285 g/mol. The molecule has 1 aromatic heterocycles. The highest BCUT2D eigenvalue weighted by Gasteiger charge is 2.40. The summed E-state index contributed by atoms with van der Waals surface area (Å²) < 4.78 is 1.42. The van der Waals surface area contributed by atoms with Gasteiger partial charge in [-0.15, -0.1) is 0 Å². The average Bonchev–Trinajstić information content (AvgIpc) is 2.94. The SMILES string of the molecule is CON1C(=O)n2c(cc3cc(C#N)ccc32)C1CC(=O)O. The van der Waals surface area contributed by atoms with E-state index in [0.717, 1.165) is 10.4 Å². The zero-order chi connectivity index (χ0) is 15.1. The smallest absolute Gasteiger partial charge is 0.353 e. The number of hydrogen-bond donors (Lipinski definition) is 1. The molecule has 1 amide bonds. The van der Waals surface area contributed by atoms with Gasteiger partial charge in [-0.2, -0.15) is 10.3 Å². The molecule has 7 nitrogen and oxygen atoms in total. The molecule has 1 aromatic carbocycles. The van der Waals surface area contributed by atoms with Crippen LogP contribution < -0.4 is 0 Å². The molecule has 1 atom stereocenters. The molecule has 0 saturated carbocycles. The van der Waals surface area contributed by atoms with Gasteiger partial charge in [-0.1, -0.05) is 0 Å². The Morgan fingerprint density at radius 1 is 1.48 bits per heavy atom. The molecule has 3 rings (SSSR count). The van der Waals surface area contributed by atoms with Gasteiger partial charge in [-0.3, -0.25) is 14.2 Å². The molecule has 2 heterocycles. The van der Waals surface area contributed by atoms with Gasteiger partial charge in [0.2, 0.25) is 0 Å². The van der Waals surface area contributed by atoms with Crippen LogP contribution in [0.15, 0.2) is 24.3 Å². The van der Waals surface area contributed by atoms with Crippen LogP contribution in [0.1, 0.15) is 23.7 Å². The van der Waals surface area contributed by atoms with E-state index in [0.29, 0.717) is 16.8 Å². The van der Waals surface area contributed by atoms with Crippen molar-refractivity contribution in [1.82, 2.24) is 9.63 Å². The minimum Gasteiger partial charge on any atom is -0.481 e. The largest absolute Gasteiger partial charge is 0.481 e. The number of amides is 1. The van der Waals surface area contributed by atoms with Crippen LogP contribution in [0, 0.1) is 11.3 Å². The second-order valence-electron chi connectivity index (χ2n) is 4.69. The zero-order valence-electron chi connectivity index (χ0n) is 11.1. The minimum atomic E-state index is -1.02. The summed E-state index contributed by atoms with van der Waals surface area (Å²) in [5.41, 5.74) is 1.66. The van der Waals surface area contributed by atoms with Gasteiger partial charge in [-0.05, 0) is 24.3 Å². The number of carboxylic acids is 1. The van der Waals surface area contributed by atoms with Gasteiger partial charge < -0.3 is 5.11 Å². The third-order valence-electron chi connectivity index (χ3n) is 3.53. The Kier molecular flexibility index (Phi) is 2.89.